The lowest BCUT2D eigenvalue weighted by molar-refractivity contribution is -0.114. The summed E-state index contributed by atoms with van der Waals surface area (Å²) in [6, 6.07) is 12.2. The predicted octanol–water partition coefficient (Wildman–Crippen LogP) is 2.89. The average Bonchev–Trinajstić information content (AvgIpc) is 2.56. The van der Waals surface area contributed by atoms with E-state index in [1.807, 2.05) is 0 Å². The van der Waals surface area contributed by atoms with E-state index in [2.05, 4.69) is 10.5 Å². The molecular formula is C17H18N2O4. The molecule has 0 aliphatic heterocycles. The van der Waals surface area contributed by atoms with Crippen LogP contribution in [0.3, 0.4) is 0 Å². The van der Waals surface area contributed by atoms with E-state index in [0.29, 0.717) is 34.0 Å². The van der Waals surface area contributed by atoms with Crippen LogP contribution in [0.2, 0.25) is 0 Å². The molecule has 0 saturated heterocycles. The number of hydrogen-bond donors (Lipinski definition) is 2. The molecule has 1 amide bonds. The zero-order valence-electron chi connectivity index (χ0n) is 13.2. The van der Waals surface area contributed by atoms with Crippen molar-refractivity contribution in [2.75, 3.05) is 19.5 Å². The number of anilines is 1. The molecule has 0 radical (unpaired) electrons. The van der Waals surface area contributed by atoms with Gasteiger partial charge in [0.1, 0.15) is 17.2 Å². The summed E-state index contributed by atoms with van der Waals surface area (Å²) < 4.78 is 10.5. The van der Waals surface area contributed by atoms with Gasteiger partial charge < -0.3 is 20.0 Å². The maximum atomic E-state index is 11.1. The molecule has 0 aromatic heterocycles. The Morgan fingerprint density at radius 1 is 1.09 bits per heavy atom. The second-order valence-electron chi connectivity index (χ2n) is 4.77. The first-order valence-electron chi connectivity index (χ1n) is 6.91. The van der Waals surface area contributed by atoms with Gasteiger partial charge in [-0.05, 0) is 24.3 Å². The third-order valence-corrected chi connectivity index (χ3v) is 3.24. The number of rotatable bonds is 5. The zero-order valence-corrected chi connectivity index (χ0v) is 13.2. The number of amides is 1. The van der Waals surface area contributed by atoms with Gasteiger partial charge in [0, 0.05) is 29.8 Å². The topological polar surface area (TPSA) is 80.2 Å². The molecule has 0 aliphatic carbocycles. The lowest BCUT2D eigenvalue weighted by atomic mass is 10.0. The van der Waals surface area contributed by atoms with Crippen molar-refractivity contribution in [2.24, 2.45) is 5.16 Å². The van der Waals surface area contributed by atoms with Gasteiger partial charge in [0.25, 0.3) is 0 Å². The van der Waals surface area contributed by atoms with Gasteiger partial charge in [-0.25, -0.2) is 0 Å². The maximum absolute atomic E-state index is 11.1. The second kappa shape index (κ2) is 7.31. The molecule has 2 N–H and O–H groups in total. The van der Waals surface area contributed by atoms with Crippen molar-refractivity contribution in [3.63, 3.8) is 0 Å². The standard InChI is InChI=1S/C17H18N2O4/c1-11(20)18-13-6-4-12(5-7-13)17(19-21)15-9-8-14(22-2)10-16(15)23-3/h4-10,21H,1-3H3,(H,18,20)/b19-17-. The van der Waals surface area contributed by atoms with E-state index < -0.39 is 0 Å². The molecule has 6 nitrogen and oxygen atoms in total. The molecule has 0 atom stereocenters. The Balaban J connectivity index is 2.38. The second-order valence-corrected chi connectivity index (χ2v) is 4.77. The van der Waals surface area contributed by atoms with E-state index in [1.54, 1.807) is 49.6 Å². The third-order valence-electron chi connectivity index (χ3n) is 3.24. The number of carbonyl (C=O) groups excluding carboxylic acids is 1. The van der Waals surface area contributed by atoms with E-state index in [9.17, 15) is 10.0 Å². The lowest BCUT2D eigenvalue weighted by Crippen LogP contribution is -2.08. The summed E-state index contributed by atoms with van der Waals surface area (Å²) in [5.41, 5.74) is 2.34. The SMILES string of the molecule is COc1ccc(/C(=N\O)c2ccc(NC(C)=O)cc2)c(OC)c1. The molecule has 0 spiro atoms. The Labute approximate surface area is 134 Å². The lowest BCUT2D eigenvalue weighted by Gasteiger charge is -2.12. The maximum Gasteiger partial charge on any atom is 0.221 e. The fourth-order valence-electron chi connectivity index (χ4n) is 2.18. The molecular weight excluding hydrogens is 296 g/mol. The fraction of sp³-hybridized carbons (Fsp3) is 0.176. The number of oxime groups is 1. The molecule has 0 bridgehead atoms. The molecule has 0 fully saturated rings. The normalized spacial score (nSPS) is 11.0. The highest BCUT2D eigenvalue weighted by Gasteiger charge is 2.14. The van der Waals surface area contributed by atoms with Gasteiger partial charge in [-0.1, -0.05) is 17.3 Å². The quantitative estimate of drug-likeness (QED) is 0.505. The van der Waals surface area contributed by atoms with Crippen molar-refractivity contribution in [3.8, 4) is 11.5 Å². The Hall–Kier alpha value is -3.02. The van der Waals surface area contributed by atoms with Gasteiger partial charge in [-0.15, -0.1) is 0 Å². The Kier molecular flexibility index (Phi) is 5.19. The summed E-state index contributed by atoms with van der Waals surface area (Å²) in [5, 5.41) is 15.5. The summed E-state index contributed by atoms with van der Waals surface area (Å²) in [5.74, 6) is 1.03. The van der Waals surface area contributed by atoms with E-state index in [-0.39, 0.29) is 5.91 Å². The van der Waals surface area contributed by atoms with E-state index >= 15 is 0 Å². The van der Waals surface area contributed by atoms with Crippen LogP contribution >= 0.6 is 0 Å². The van der Waals surface area contributed by atoms with Crippen molar-refractivity contribution in [1.29, 1.82) is 0 Å². The molecule has 0 saturated carbocycles. The van der Waals surface area contributed by atoms with E-state index in [1.165, 1.54) is 14.0 Å². The largest absolute Gasteiger partial charge is 0.497 e. The van der Waals surface area contributed by atoms with Crippen LogP contribution in [0.25, 0.3) is 0 Å². The van der Waals surface area contributed by atoms with Gasteiger partial charge in [-0.3, -0.25) is 4.79 Å². The van der Waals surface area contributed by atoms with Gasteiger partial charge in [0.15, 0.2) is 0 Å². The molecule has 6 heteroatoms. The first-order valence-corrected chi connectivity index (χ1v) is 6.91. The van der Waals surface area contributed by atoms with Gasteiger partial charge in [-0.2, -0.15) is 0 Å². The number of hydrogen-bond acceptors (Lipinski definition) is 5. The molecule has 0 aliphatic rings. The van der Waals surface area contributed by atoms with Gasteiger partial charge in [0.05, 0.1) is 14.2 Å². The van der Waals surface area contributed by atoms with Crippen LogP contribution in [0.4, 0.5) is 5.69 Å². The smallest absolute Gasteiger partial charge is 0.221 e. The number of nitrogens with one attached hydrogen (secondary N) is 1. The third kappa shape index (κ3) is 3.79. The van der Waals surface area contributed by atoms with Crippen molar-refractivity contribution < 1.29 is 19.5 Å². The summed E-state index contributed by atoms with van der Waals surface area (Å²) in [4.78, 5) is 11.1. The summed E-state index contributed by atoms with van der Waals surface area (Å²) in [7, 11) is 3.10. The van der Waals surface area contributed by atoms with Crippen LogP contribution in [0.5, 0.6) is 11.5 Å². The van der Waals surface area contributed by atoms with Crippen LogP contribution in [-0.2, 0) is 4.79 Å². The molecule has 23 heavy (non-hydrogen) atoms. The Morgan fingerprint density at radius 3 is 2.30 bits per heavy atom. The number of nitrogens with zero attached hydrogens (tertiary/aromatic N) is 1. The highest BCUT2D eigenvalue weighted by molar-refractivity contribution is 6.14. The van der Waals surface area contributed by atoms with E-state index in [4.69, 9.17) is 9.47 Å². The number of carbonyl (C=O) groups is 1. The number of methoxy groups -OCH3 is 2. The first kappa shape index (κ1) is 16.4. The van der Waals surface area contributed by atoms with Crippen molar-refractivity contribution >= 4 is 17.3 Å². The Bertz CT molecular complexity index is 724. The Morgan fingerprint density at radius 2 is 1.78 bits per heavy atom. The van der Waals surface area contributed by atoms with Gasteiger partial charge in [0.2, 0.25) is 5.91 Å². The molecule has 0 heterocycles. The van der Waals surface area contributed by atoms with Crippen LogP contribution < -0.4 is 14.8 Å². The van der Waals surface area contributed by atoms with Crippen LogP contribution in [0.1, 0.15) is 18.1 Å². The average molecular weight is 314 g/mol. The molecule has 2 aromatic rings. The van der Waals surface area contributed by atoms with Crippen molar-refractivity contribution in [2.45, 2.75) is 6.92 Å². The summed E-state index contributed by atoms with van der Waals surface area (Å²) in [6.45, 7) is 1.44. The highest BCUT2D eigenvalue weighted by atomic mass is 16.5. The zero-order chi connectivity index (χ0) is 16.8. The van der Waals surface area contributed by atoms with Crippen molar-refractivity contribution in [3.05, 3.63) is 53.6 Å². The minimum Gasteiger partial charge on any atom is -0.497 e. The predicted molar refractivity (Wildman–Crippen MR) is 87.7 cm³/mol. The molecule has 2 aromatic carbocycles. The number of benzene rings is 2. The fourth-order valence-corrected chi connectivity index (χ4v) is 2.18. The molecule has 2 rings (SSSR count). The minimum atomic E-state index is -0.148. The number of ether oxygens (including phenoxy) is 2. The highest BCUT2D eigenvalue weighted by Crippen LogP contribution is 2.27. The minimum absolute atomic E-state index is 0.148. The molecule has 120 valence electrons. The van der Waals surface area contributed by atoms with Crippen LogP contribution in [0, 0.1) is 0 Å². The van der Waals surface area contributed by atoms with Crippen LogP contribution in [-0.4, -0.2) is 31.0 Å². The van der Waals surface area contributed by atoms with Crippen molar-refractivity contribution in [1.82, 2.24) is 0 Å². The summed E-state index contributed by atoms with van der Waals surface area (Å²) in [6.07, 6.45) is 0. The van der Waals surface area contributed by atoms with E-state index in [0.717, 1.165) is 0 Å². The first-order chi connectivity index (χ1) is 11.1. The summed E-state index contributed by atoms with van der Waals surface area (Å²) >= 11 is 0. The monoisotopic (exact) mass is 314 g/mol. The van der Waals surface area contributed by atoms with Gasteiger partial charge >= 0.3 is 0 Å². The molecule has 0 unspecified atom stereocenters. The van der Waals surface area contributed by atoms with Crippen LogP contribution in [0.15, 0.2) is 47.6 Å².